The first kappa shape index (κ1) is 17.6. The lowest BCUT2D eigenvalue weighted by Crippen LogP contribution is -2.39. The summed E-state index contributed by atoms with van der Waals surface area (Å²) in [6, 6.07) is 12.2. The van der Waals surface area contributed by atoms with E-state index in [1.807, 2.05) is 13.0 Å². The van der Waals surface area contributed by atoms with Crippen molar-refractivity contribution in [1.29, 1.82) is 0 Å². The first-order chi connectivity index (χ1) is 11.4. The fourth-order valence-electron chi connectivity index (χ4n) is 1.97. The van der Waals surface area contributed by atoms with E-state index >= 15 is 0 Å². The number of nitrogens with one attached hydrogen (secondary N) is 1. The number of sulfonamides is 1. The highest BCUT2D eigenvalue weighted by atomic mass is 32.2. The fraction of sp³-hybridized carbons (Fsp3) is 0.188. The predicted octanol–water partition coefficient (Wildman–Crippen LogP) is 1.31. The van der Waals surface area contributed by atoms with Crippen LogP contribution in [0.4, 0.5) is 5.69 Å². The minimum atomic E-state index is -3.60. The number of carbonyl (C=O) groups is 1. The zero-order valence-corrected chi connectivity index (χ0v) is 14.2. The molecule has 0 spiro atoms. The lowest BCUT2D eigenvalue weighted by Gasteiger charge is -2.21. The summed E-state index contributed by atoms with van der Waals surface area (Å²) in [5.74, 6) is -0.547. The highest BCUT2D eigenvalue weighted by Gasteiger charge is 2.20. The molecule has 0 unspecified atom stereocenters. The molecule has 1 aromatic heterocycles. The molecule has 2 aromatic rings. The van der Waals surface area contributed by atoms with Gasteiger partial charge in [-0.25, -0.2) is 13.8 Å². The SMILES string of the molecule is Cc1cccc(N(CC(=O)N/N=C\c2ccccn2)S(C)(=O)=O)c1. The Kier molecular flexibility index (Phi) is 5.64. The number of aryl methyl sites for hydroxylation is 1. The van der Waals surface area contributed by atoms with Gasteiger partial charge < -0.3 is 0 Å². The molecule has 0 bridgehead atoms. The molecule has 0 atom stereocenters. The monoisotopic (exact) mass is 346 g/mol. The molecule has 0 saturated carbocycles. The van der Waals surface area contributed by atoms with Crippen LogP contribution in [0.1, 0.15) is 11.3 Å². The van der Waals surface area contributed by atoms with Crippen molar-refractivity contribution in [2.75, 3.05) is 17.1 Å². The smallest absolute Gasteiger partial charge is 0.260 e. The van der Waals surface area contributed by atoms with Crippen molar-refractivity contribution >= 4 is 27.8 Å². The van der Waals surface area contributed by atoms with Gasteiger partial charge in [-0.15, -0.1) is 0 Å². The number of benzene rings is 1. The topological polar surface area (TPSA) is 91.7 Å². The molecule has 24 heavy (non-hydrogen) atoms. The van der Waals surface area contributed by atoms with Crippen LogP contribution < -0.4 is 9.73 Å². The summed E-state index contributed by atoms with van der Waals surface area (Å²) >= 11 is 0. The summed E-state index contributed by atoms with van der Waals surface area (Å²) in [6.45, 7) is 1.49. The molecule has 0 aliphatic rings. The Hall–Kier alpha value is -2.74. The number of anilines is 1. The van der Waals surface area contributed by atoms with Gasteiger partial charge in [0.2, 0.25) is 10.0 Å². The standard InChI is InChI=1S/C16H18N4O3S/c1-13-6-5-8-15(10-13)20(24(2,22)23)12-16(21)19-18-11-14-7-3-4-9-17-14/h3-11H,12H2,1-2H3,(H,19,21)/b18-11-. The van der Waals surface area contributed by atoms with E-state index in [0.717, 1.165) is 16.1 Å². The van der Waals surface area contributed by atoms with Gasteiger partial charge in [0.25, 0.3) is 5.91 Å². The summed E-state index contributed by atoms with van der Waals surface area (Å²) in [5, 5.41) is 3.78. The van der Waals surface area contributed by atoms with Gasteiger partial charge in [-0.3, -0.25) is 14.1 Å². The molecule has 1 N–H and O–H groups in total. The average Bonchev–Trinajstić information content (AvgIpc) is 2.52. The molecule has 0 saturated heterocycles. The third kappa shape index (κ3) is 5.17. The van der Waals surface area contributed by atoms with Gasteiger partial charge >= 0.3 is 0 Å². The molecule has 1 aromatic carbocycles. The van der Waals surface area contributed by atoms with E-state index < -0.39 is 15.9 Å². The number of rotatable bonds is 6. The molecule has 126 valence electrons. The predicted molar refractivity (Wildman–Crippen MR) is 93.3 cm³/mol. The van der Waals surface area contributed by atoms with Gasteiger partial charge in [-0.2, -0.15) is 5.10 Å². The van der Waals surface area contributed by atoms with E-state index in [0.29, 0.717) is 11.4 Å². The Morgan fingerprint density at radius 2 is 2.08 bits per heavy atom. The summed E-state index contributed by atoms with van der Waals surface area (Å²) in [4.78, 5) is 16.0. The van der Waals surface area contributed by atoms with Crippen LogP contribution in [0.25, 0.3) is 0 Å². The van der Waals surface area contributed by atoms with E-state index in [9.17, 15) is 13.2 Å². The molecule has 0 aliphatic heterocycles. The lowest BCUT2D eigenvalue weighted by molar-refractivity contribution is -0.119. The molecule has 1 amide bonds. The second-order valence-corrected chi connectivity index (χ2v) is 7.06. The van der Waals surface area contributed by atoms with Crippen molar-refractivity contribution in [3.05, 3.63) is 59.9 Å². The Bertz CT molecular complexity index is 835. The van der Waals surface area contributed by atoms with E-state index in [1.54, 1.807) is 42.6 Å². The van der Waals surface area contributed by atoms with Gasteiger partial charge in [-0.1, -0.05) is 18.2 Å². The van der Waals surface area contributed by atoms with Gasteiger partial charge in [-0.05, 0) is 36.8 Å². The Balaban J connectivity index is 2.07. The molecule has 8 heteroatoms. The van der Waals surface area contributed by atoms with Crippen LogP contribution in [0.15, 0.2) is 53.8 Å². The number of amides is 1. The summed E-state index contributed by atoms with van der Waals surface area (Å²) < 4.78 is 25.0. The van der Waals surface area contributed by atoms with Crippen LogP contribution in [0.3, 0.4) is 0 Å². The normalized spacial score (nSPS) is 11.4. The van der Waals surface area contributed by atoms with Crippen molar-refractivity contribution in [3.63, 3.8) is 0 Å². The maximum absolute atomic E-state index is 12.0. The first-order valence-electron chi connectivity index (χ1n) is 7.13. The molecule has 0 aliphatic carbocycles. The largest absolute Gasteiger partial charge is 0.271 e. The van der Waals surface area contributed by atoms with Crippen molar-refractivity contribution in [1.82, 2.24) is 10.4 Å². The number of hydrogen-bond donors (Lipinski definition) is 1. The van der Waals surface area contributed by atoms with E-state index in [4.69, 9.17) is 0 Å². The molecule has 0 fully saturated rings. The Labute approximate surface area is 141 Å². The number of hydrogen-bond acceptors (Lipinski definition) is 5. The highest BCUT2D eigenvalue weighted by Crippen LogP contribution is 2.18. The number of aromatic nitrogens is 1. The van der Waals surface area contributed by atoms with Crippen molar-refractivity contribution < 1.29 is 13.2 Å². The molecular weight excluding hydrogens is 328 g/mol. The van der Waals surface area contributed by atoms with Gasteiger partial charge in [0.1, 0.15) is 6.54 Å². The van der Waals surface area contributed by atoms with E-state index in [-0.39, 0.29) is 6.54 Å². The minimum Gasteiger partial charge on any atom is -0.271 e. The number of carbonyl (C=O) groups excluding carboxylic acids is 1. The zero-order chi connectivity index (χ0) is 17.6. The van der Waals surface area contributed by atoms with Crippen molar-refractivity contribution in [3.8, 4) is 0 Å². The third-order valence-corrected chi connectivity index (χ3v) is 4.19. The van der Waals surface area contributed by atoms with E-state index in [2.05, 4.69) is 15.5 Å². The zero-order valence-electron chi connectivity index (χ0n) is 13.4. The first-order valence-corrected chi connectivity index (χ1v) is 8.98. The van der Waals surface area contributed by atoms with Crippen LogP contribution in [-0.4, -0.2) is 38.3 Å². The number of nitrogens with zero attached hydrogens (tertiary/aromatic N) is 3. The van der Waals surface area contributed by atoms with Gasteiger partial charge in [0.05, 0.1) is 23.9 Å². The van der Waals surface area contributed by atoms with Crippen molar-refractivity contribution in [2.24, 2.45) is 5.10 Å². The van der Waals surface area contributed by atoms with Crippen LogP contribution in [0.2, 0.25) is 0 Å². The molecule has 1 heterocycles. The number of pyridine rings is 1. The lowest BCUT2D eigenvalue weighted by atomic mass is 10.2. The van der Waals surface area contributed by atoms with E-state index in [1.165, 1.54) is 6.21 Å². The van der Waals surface area contributed by atoms with Crippen LogP contribution in [-0.2, 0) is 14.8 Å². The Morgan fingerprint density at radius 3 is 2.71 bits per heavy atom. The molecular formula is C16H18N4O3S. The molecule has 7 nitrogen and oxygen atoms in total. The van der Waals surface area contributed by atoms with Crippen LogP contribution >= 0.6 is 0 Å². The molecule has 2 rings (SSSR count). The summed E-state index contributed by atoms with van der Waals surface area (Å²) in [5.41, 5.74) is 4.21. The maximum atomic E-state index is 12.0. The fourth-order valence-corrected chi connectivity index (χ4v) is 2.82. The number of hydrazone groups is 1. The molecule has 0 radical (unpaired) electrons. The highest BCUT2D eigenvalue weighted by molar-refractivity contribution is 7.92. The van der Waals surface area contributed by atoms with Gasteiger partial charge in [0.15, 0.2) is 0 Å². The third-order valence-electron chi connectivity index (χ3n) is 3.05. The van der Waals surface area contributed by atoms with Gasteiger partial charge in [0, 0.05) is 6.20 Å². The van der Waals surface area contributed by atoms with Crippen LogP contribution in [0, 0.1) is 6.92 Å². The second-order valence-electron chi connectivity index (χ2n) is 5.16. The summed E-state index contributed by atoms with van der Waals surface area (Å²) in [7, 11) is -3.60. The quantitative estimate of drug-likeness (QED) is 0.630. The average molecular weight is 346 g/mol. The van der Waals surface area contributed by atoms with Crippen LogP contribution in [0.5, 0.6) is 0 Å². The second kappa shape index (κ2) is 7.69. The Morgan fingerprint density at radius 1 is 1.29 bits per heavy atom. The maximum Gasteiger partial charge on any atom is 0.260 e. The summed E-state index contributed by atoms with van der Waals surface area (Å²) in [6.07, 6.45) is 4.04. The minimum absolute atomic E-state index is 0.359. The van der Waals surface area contributed by atoms with Crippen molar-refractivity contribution in [2.45, 2.75) is 6.92 Å².